The van der Waals surface area contributed by atoms with Crippen LogP contribution in [0.25, 0.3) is 22.4 Å². The molecule has 4 heterocycles. The number of pyridine rings is 1. The first-order chi connectivity index (χ1) is 14.6. The molecular formula is C22H21N5O3. The third kappa shape index (κ3) is 3.14. The molecule has 152 valence electrons. The Bertz CT molecular complexity index is 1210. The molecule has 1 unspecified atom stereocenters. The third-order valence-electron chi connectivity index (χ3n) is 5.43. The lowest BCUT2D eigenvalue weighted by atomic mass is 10.1. The third-order valence-corrected chi connectivity index (χ3v) is 5.43. The van der Waals surface area contributed by atoms with Gasteiger partial charge in [-0.3, -0.25) is 9.78 Å². The highest BCUT2D eigenvalue weighted by molar-refractivity contribution is 5.93. The molecule has 1 aliphatic heterocycles. The van der Waals surface area contributed by atoms with Gasteiger partial charge in [-0.2, -0.15) is 0 Å². The zero-order valence-electron chi connectivity index (χ0n) is 16.8. The maximum absolute atomic E-state index is 13.0. The van der Waals surface area contributed by atoms with E-state index < -0.39 is 0 Å². The highest BCUT2D eigenvalue weighted by Gasteiger charge is 2.36. The van der Waals surface area contributed by atoms with E-state index >= 15 is 0 Å². The van der Waals surface area contributed by atoms with E-state index in [9.17, 15) is 4.79 Å². The molecule has 0 N–H and O–H groups in total. The number of carbonyl (C=O) groups excluding carboxylic acids is 1. The molecule has 8 heteroatoms. The number of benzene rings is 1. The predicted molar refractivity (Wildman–Crippen MR) is 109 cm³/mol. The van der Waals surface area contributed by atoms with Crippen LogP contribution in [0.3, 0.4) is 0 Å². The Balaban J connectivity index is 1.44. The molecule has 3 aromatic heterocycles. The number of carbonyl (C=O) groups is 1. The highest BCUT2D eigenvalue weighted by atomic mass is 16.5. The molecule has 30 heavy (non-hydrogen) atoms. The van der Waals surface area contributed by atoms with Gasteiger partial charge in [-0.25, -0.2) is 0 Å². The fourth-order valence-corrected chi connectivity index (χ4v) is 3.83. The molecule has 1 amide bonds. The van der Waals surface area contributed by atoms with Crippen LogP contribution in [0.5, 0.6) is 0 Å². The van der Waals surface area contributed by atoms with Gasteiger partial charge < -0.3 is 13.8 Å². The van der Waals surface area contributed by atoms with E-state index in [2.05, 4.69) is 20.3 Å². The summed E-state index contributed by atoms with van der Waals surface area (Å²) in [6.07, 6.45) is 3.34. The van der Waals surface area contributed by atoms with Crippen LogP contribution in [0.2, 0.25) is 0 Å². The number of hydrogen-bond acceptors (Lipinski definition) is 7. The van der Waals surface area contributed by atoms with Crippen LogP contribution in [-0.4, -0.2) is 37.7 Å². The second-order valence-corrected chi connectivity index (χ2v) is 7.75. The average Bonchev–Trinajstić information content (AvgIpc) is 3.53. The number of hydrogen-bond donors (Lipinski definition) is 0. The molecule has 5 rings (SSSR count). The Labute approximate surface area is 172 Å². The number of aromatic nitrogens is 4. The molecule has 1 aromatic carbocycles. The first-order valence-corrected chi connectivity index (χ1v) is 10.1. The maximum atomic E-state index is 13.0. The fraction of sp³-hybridized carbons (Fsp3) is 0.318. The minimum absolute atomic E-state index is 0.167. The van der Waals surface area contributed by atoms with Crippen molar-refractivity contribution in [1.29, 1.82) is 0 Å². The van der Waals surface area contributed by atoms with Gasteiger partial charge in [-0.15, -0.1) is 10.2 Å². The van der Waals surface area contributed by atoms with Gasteiger partial charge in [-0.1, -0.05) is 43.3 Å². The van der Waals surface area contributed by atoms with Crippen LogP contribution in [0, 0.1) is 0 Å². The summed E-state index contributed by atoms with van der Waals surface area (Å²) in [4.78, 5) is 19.2. The normalized spacial score (nSPS) is 16.6. The lowest BCUT2D eigenvalue weighted by Gasteiger charge is -2.20. The van der Waals surface area contributed by atoms with E-state index in [1.807, 2.05) is 44.2 Å². The van der Waals surface area contributed by atoms with Crippen LogP contribution < -0.4 is 0 Å². The number of fused-ring (bicyclic) bond motifs is 1. The van der Waals surface area contributed by atoms with Gasteiger partial charge in [0.25, 0.3) is 11.8 Å². The second-order valence-electron chi connectivity index (χ2n) is 7.75. The summed E-state index contributed by atoms with van der Waals surface area (Å²) in [5.74, 6) is 1.44. The Kier molecular flexibility index (Phi) is 4.54. The number of likely N-dealkylation sites (tertiary alicyclic amines) is 1. The van der Waals surface area contributed by atoms with Gasteiger partial charge in [0, 0.05) is 30.1 Å². The van der Waals surface area contributed by atoms with Crippen molar-refractivity contribution in [3.05, 3.63) is 59.9 Å². The van der Waals surface area contributed by atoms with Crippen LogP contribution in [0.15, 0.2) is 51.5 Å². The Morgan fingerprint density at radius 2 is 2.07 bits per heavy atom. The molecule has 0 saturated carbocycles. The minimum atomic E-state index is -0.284. The van der Waals surface area contributed by atoms with Gasteiger partial charge in [0.15, 0.2) is 5.69 Å². The summed E-state index contributed by atoms with van der Waals surface area (Å²) in [5.41, 5.74) is 0.946. The van der Waals surface area contributed by atoms with Crippen LogP contribution in [0.1, 0.15) is 60.8 Å². The largest absolute Gasteiger partial charge is 0.417 e. The van der Waals surface area contributed by atoms with Crippen molar-refractivity contribution in [2.45, 2.75) is 38.6 Å². The quantitative estimate of drug-likeness (QED) is 0.499. The van der Waals surface area contributed by atoms with E-state index in [-0.39, 0.29) is 17.9 Å². The molecule has 1 saturated heterocycles. The summed E-state index contributed by atoms with van der Waals surface area (Å²) in [6, 6.07) is 11.3. The van der Waals surface area contributed by atoms with Gasteiger partial charge in [0.1, 0.15) is 17.5 Å². The standard InChI is InChI=1S/C22H21N5O3/c1-13(2)18-12-16(26-30-18)22(28)27-11-5-8-17(27)20-24-25-21(29-20)19-15-7-4-3-6-14(15)9-10-23-19/h3-4,6-7,9-10,12-13,17H,5,8,11H2,1-2H3. The van der Waals surface area contributed by atoms with Gasteiger partial charge >= 0.3 is 0 Å². The molecule has 0 radical (unpaired) electrons. The predicted octanol–water partition coefficient (Wildman–Crippen LogP) is 4.37. The van der Waals surface area contributed by atoms with E-state index in [0.717, 1.165) is 23.6 Å². The Hall–Kier alpha value is -3.55. The zero-order valence-corrected chi connectivity index (χ0v) is 16.8. The first kappa shape index (κ1) is 18.5. The van der Waals surface area contributed by atoms with Crippen molar-refractivity contribution in [3.63, 3.8) is 0 Å². The maximum Gasteiger partial charge on any atom is 0.276 e. The van der Waals surface area contributed by atoms with E-state index in [1.165, 1.54) is 0 Å². The zero-order chi connectivity index (χ0) is 20.7. The lowest BCUT2D eigenvalue weighted by molar-refractivity contribution is 0.0705. The van der Waals surface area contributed by atoms with Crippen molar-refractivity contribution < 1.29 is 13.7 Å². The highest BCUT2D eigenvalue weighted by Crippen LogP contribution is 2.34. The molecule has 4 aromatic rings. The van der Waals surface area contributed by atoms with Gasteiger partial charge in [-0.05, 0) is 24.3 Å². The monoisotopic (exact) mass is 403 g/mol. The van der Waals surface area contributed by atoms with Gasteiger partial charge in [0.05, 0.1) is 0 Å². The fourth-order valence-electron chi connectivity index (χ4n) is 3.83. The van der Waals surface area contributed by atoms with E-state index in [1.54, 1.807) is 17.2 Å². The smallest absolute Gasteiger partial charge is 0.276 e. The molecule has 8 nitrogen and oxygen atoms in total. The van der Waals surface area contributed by atoms with Crippen molar-refractivity contribution in [1.82, 2.24) is 25.2 Å². The van der Waals surface area contributed by atoms with Crippen LogP contribution in [-0.2, 0) is 0 Å². The molecule has 1 fully saturated rings. The summed E-state index contributed by atoms with van der Waals surface area (Å²) in [5, 5.41) is 14.4. The van der Waals surface area contributed by atoms with Crippen LogP contribution in [0.4, 0.5) is 0 Å². The van der Waals surface area contributed by atoms with Crippen molar-refractivity contribution in [3.8, 4) is 11.6 Å². The molecule has 1 aliphatic rings. The molecular weight excluding hydrogens is 382 g/mol. The minimum Gasteiger partial charge on any atom is -0.417 e. The van der Waals surface area contributed by atoms with E-state index in [4.69, 9.17) is 8.94 Å². The SMILES string of the molecule is CC(C)c1cc(C(=O)N2CCCC2c2nnc(-c3nccc4ccccc34)o2)no1. The van der Waals surface area contributed by atoms with Crippen molar-refractivity contribution in [2.75, 3.05) is 6.54 Å². The summed E-state index contributed by atoms with van der Waals surface area (Å²) >= 11 is 0. The second kappa shape index (κ2) is 7.37. The first-order valence-electron chi connectivity index (χ1n) is 10.1. The molecule has 1 atom stereocenters. The molecule has 0 spiro atoms. The number of nitrogens with zero attached hydrogens (tertiary/aromatic N) is 5. The van der Waals surface area contributed by atoms with Crippen molar-refractivity contribution in [2.24, 2.45) is 0 Å². The summed E-state index contributed by atoms with van der Waals surface area (Å²) < 4.78 is 11.3. The Morgan fingerprint density at radius 1 is 1.20 bits per heavy atom. The molecule has 0 aliphatic carbocycles. The van der Waals surface area contributed by atoms with Gasteiger partial charge in [0.2, 0.25) is 5.89 Å². The van der Waals surface area contributed by atoms with Crippen molar-refractivity contribution >= 4 is 16.7 Å². The number of amides is 1. The summed E-state index contributed by atoms with van der Waals surface area (Å²) in [6.45, 7) is 4.60. The average molecular weight is 403 g/mol. The number of rotatable bonds is 4. The molecule has 0 bridgehead atoms. The van der Waals surface area contributed by atoms with E-state index in [0.29, 0.717) is 35.5 Å². The topological polar surface area (TPSA) is 98.2 Å². The Morgan fingerprint density at radius 3 is 2.90 bits per heavy atom. The lowest BCUT2D eigenvalue weighted by Crippen LogP contribution is -2.31. The van der Waals surface area contributed by atoms with Crippen LogP contribution >= 0.6 is 0 Å². The summed E-state index contributed by atoms with van der Waals surface area (Å²) in [7, 11) is 0.